The third kappa shape index (κ3) is 8.33. The molecule has 0 spiro atoms. The molecule has 0 saturated carbocycles. The number of hydrogen-bond donors (Lipinski definition) is 0. The Morgan fingerprint density at radius 3 is 1.67 bits per heavy atom. The minimum atomic E-state index is 0. The summed E-state index contributed by atoms with van der Waals surface area (Å²) in [5.74, 6) is 0.653. The fourth-order valence-electron chi connectivity index (χ4n) is 0.951. The maximum Gasteiger partial charge on any atom is 0 e. The number of rotatable bonds is 2. The van der Waals surface area contributed by atoms with Gasteiger partial charge in [-0.15, -0.1) is 0 Å². The maximum atomic E-state index is 3.36. The van der Waals surface area contributed by atoms with Gasteiger partial charge in [0.1, 0.15) is 0 Å². The molecule has 84 valence electrons. The minimum absolute atomic E-state index is 0. The SMILES string of the molecule is C=CC=C.Cc1ccc(C(C)C)cc1.[Ru]. The molecule has 0 aliphatic carbocycles. The topological polar surface area (TPSA) is 0 Å². The molecule has 0 fully saturated rings. The summed E-state index contributed by atoms with van der Waals surface area (Å²) < 4.78 is 0. The van der Waals surface area contributed by atoms with Crippen molar-refractivity contribution in [2.45, 2.75) is 26.7 Å². The van der Waals surface area contributed by atoms with Crippen molar-refractivity contribution < 1.29 is 19.5 Å². The zero-order chi connectivity index (χ0) is 11.0. The van der Waals surface area contributed by atoms with Crippen molar-refractivity contribution >= 4 is 0 Å². The summed E-state index contributed by atoms with van der Waals surface area (Å²) in [5.41, 5.74) is 2.76. The van der Waals surface area contributed by atoms with E-state index in [4.69, 9.17) is 0 Å². The van der Waals surface area contributed by atoms with Gasteiger partial charge in [-0.2, -0.15) is 0 Å². The van der Waals surface area contributed by atoms with Crippen molar-refractivity contribution in [1.29, 1.82) is 0 Å². The van der Waals surface area contributed by atoms with E-state index in [1.165, 1.54) is 11.1 Å². The molecule has 1 aromatic rings. The third-order valence-electron chi connectivity index (χ3n) is 1.91. The van der Waals surface area contributed by atoms with Crippen LogP contribution >= 0.6 is 0 Å². The molecule has 0 amide bonds. The molecular weight excluding hydrogens is 269 g/mol. The number of allylic oxidation sites excluding steroid dienone is 2. The Kier molecular flexibility index (Phi) is 11.0. The zero-order valence-corrected chi connectivity index (χ0v) is 11.5. The van der Waals surface area contributed by atoms with E-state index in [0.717, 1.165) is 0 Å². The van der Waals surface area contributed by atoms with Gasteiger partial charge in [0, 0.05) is 19.5 Å². The average molecular weight is 289 g/mol. The first kappa shape index (κ1) is 16.7. The molecule has 0 saturated heterocycles. The van der Waals surface area contributed by atoms with Gasteiger partial charge in [0.15, 0.2) is 0 Å². The molecule has 15 heavy (non-hydrogen) atoms. The number of benzene rings is 1. The van der Waals surface area contributed by atoms with E-state index in [2.05, 4.69) is 58.2 Å². The molecule has 1 heteroatoms. The Balaban J connectivity index is 0. The first-order valence-electron chi connectivity index (χ1n) is 4.91. The van der Waals surface area contributed by atoms with Gasteiger partial charge in [-0.05, 0) is 18.4 Å². The molecule has 0 nitrogen and oxygen atoms in total. The van der Waals surface area contributed by atoms with E-state index in [-0.39, 0.29) is 19.5 Å². The van der Waals surface area contributed by atoms with Crippen molar-refractivity contribution in [3.05, 3.63) is 60.7 Å². The fourth-order valence-corrected chi connectivity index (χ4v) is 0.951. The summed E-state index contributed by atoms with van der Waals surface area (Å²) in [4.78, 5) is 0. The molecule has 0 aliphatic rings. The molecule has 0 heterocycles. The van der Waals surface area contributed by atoms with Crippen molar-refractivity contribution in [3.63, 3.8) is 0 Å². The second-order valence-electron chi connectivity index (χ2n) is 3.54. The monoisotopic (exact) mass is 290 g/mol. The summed E-state index contributed by atoms with van der Waals surface area (Å²) >= 11 is 0. The van der Waals surface area contributed by atoms with Crippen molar-refractivity contribution in [2.75, 3.05) is 0 Å². The minimum Gasteiger partial charge on any atom is -0.0991 e. The first-order valence-corrected chi connectivity index (χ1v) is 4.91. The van der Waals surface area contributed by atoms with Crippen LogP contribution in [0, 0.1) is 6.92 Å². The molecule has 0 atom stereocenters. The normalized spacial score (nSPS) is 8.27. The number of aryl methyl sites for hydroxylation is 1. The molecule has 0 aliphatic heterocycles. The Bertz CT molecular complexity index is 264. The molecule has 0 bridgehead atoms. The number of hydrogen-bond acceptors (Lipinski definition) is 0. The second kappa shape index (κ2) is 9.86. The molecule has 0 N–H and O–H groups in total. The van der Waals surface area contributed by atoms with Crippen LogP contribution in [0.5, 0.6) is 0 Å². The van der Waals surface area contributed by atoms with Gasteiger partial charge < -0.3 is 0 Å². The molecule has 0 unspecified atom stereocenters. The van der Waals surface area contributed by atoms with Crippen LogP contribution in [0.15, 0.2) is 49.6 Å². The zero-order valence-electron chi connectivity index (χ0n) is 9.81. The van der Waals surface area contributed by atoms with E-state index >= 15 is 0 Å². The van der Waals surface area contributed by atoms with Gasteiger partial charge in [0.25, 0.3) is 0 Å². The van der Waals surface area contributed by atoms with E-state index < -0.39 is 0 Å². The van der Waals surface area contributed by atoms with Crippen LogP contribution in [0.4, 0.5) is 0 Å². The van der Waals surface area contributed by atoms with E-state index in [1.807, 2.05) is 0 Å². The first-order chi connectivity index (χ1) is 6.61. The van der Waals surface area contributed by atoms with Crippen LogP contribution in [0.1, 0.15) is 30.9 Å². The van der Waals surface area contributed by atoms with Crippen LogP contribution < -0.4 is 0 Å². The maximum absolute atomic E-state index is 3.36. The Morgan fingerprint density at radius 2 is 1.40 bits per heavy atom. The predicted octanol–water partition coefficient (Wildman–Crippen LogP) is 4.47. The largest absolute Gasteiger partial charge is 0.0991 e. The second-order valence-corrected chi connectivity index (χ2v) is 3.54. The van der Waals surface area contributed by atoms with E-state index in [1.54, 1.807) is 12.2 Å². The van der Waals surface area contributed by atoms with Gasteiger partial charge in [-0.1, -0.05) is 69.0 Å². The van der Waals surface area contributed by atoms with Crippen molar-refractivity contribution in [1.82, 2.24) is 0 Å². The molecule has 1 rings (SSSR count). The van der Waals surface area contributed by atoms with Gasteiger partial charge in [0.05, 0.1) is 0 Å². The Morgan fingerprint density at radius 1 is 1.00 bits per heavy atom. The van der Waals surface area contributed by atoms with E-state index in [9.17, 15) is 0 Å². The van der Waals surface area contributed by atoms with Gasteiger partial charge in [-0.25, -0.2) is 0 Å². The van der Waals surface area contributed by atoms with Gasteiger partial charge in [0.2, 0.25) is 0 Å². The van der Waals surface area contributed by atoms with Crippen LogP contribution in [0.3, 0.4) is 0 Å². The summed E-state index contributed by atoms with van der Waals surface area (Å²) in [5, 5.41) is 0. The predicted molar refractivity (Wildman–Crippen MR) is 65.7 cm³/mol. The van der Waals surface area contributed by atoms with Crippen LogP contribution in [0.25, 0.3) is 0 Å². The summed E-state index contributed by atoms with van der Waals surface area (Å²) in [6.07, 6.45) is 3.28. The standard InChI is InChI=1S/C10H14.C4H6.Ru/c1-8(2)10-6-4-9(3)5-7-10;1-3-4-2;/h4-8H,1-3H3;3-4H,1-2H2;. The quantitative estimate of drug-likeness (QED) is 0.556. The fraction of sp³-hybridized carbons (Fsp3) is 0.286. The van der Waals surface area contributed by atoms with Gasteiger partial charge in [-0.3, -0.25) is 0 Å². The molecule has 1 aromatic carbocycles. The smallest absolute Gasteiger partial charge is 0 e. The van der Waals surface area contributed by atoms with Crippen LogP contribution in [0.2, 0.25) is 0 Å². The Hall–Kier alpha value is -0.677. The third-order valence-corrected chi connectivity index (χ3v) is 1.91. The van der Waals surface area contributed by atoms with E-state index in [0.29, 0.717) is 5.92 Å². The molecular formula is C14H20Ru. The summed E-state index contributed by atoms with van der Waals surface area (Å²) in [6, 6.07) is 8.71. The molecule has 0 radical (unpaired) electrons. The summed E-state index contributed by atoms with van der Waals surface area (Å²) in [6.45, 7) is 13.3. The molecule has 0 aromatic heterocycles. The van der Waals surface area contributed by atoms with Crippen LogP contribution in [-0.2, 0) is 19.5 Å². The van der Waals surface area contributed by atoms with Gasteiger partial charge >= 0.3 is 0 Å². The Labute approximate surface area is 107 Å². The van der Waals surface area contributed by atoms with Crippen molar-refractivity contribution in [3.8, 4) is 0 Å². The average Bonchev–Trinajstić information content (AvgIpc) is 2.19. The van der Waals surface area contributed by atoms with Crippen molar-refractivity contribution in [2.24, 2.45) is 0 Å². The summed E-state index contributed by atoms with van der Waals surface area (Å²) in [7, 11) is 0. The van der Waals surface area contributed by atoms with Crippen LogP contribution in [-0.4, -0.2) is 0 Å².